The third kappa shape index (κ3) is 1.66. The lowest BCUT2D eigenvalue weighted by atomic mass is 9.92. The van der Waals surface area contributed by atoms with E-state index in [0.717, 1.165) is 11.3 Å². The van der Waals surface area contributed by atoms with Crippen molar-refractivity contribution in [2.45, 2.75) is 24.6 Å². The molecule has 0 radical (unpaired) electrons. The van der Waals surface area contributed by atoms with Crippen molar-refractivity contribution in [3.8, 4) is 0 Å². The zero-order valence-corrected chi connectivity index (χ0v) is 9.87. The molecular weight excluding hydrogens is 236 g/mol. The molecule has 18 heavy (non-hydrogen) atoms. The number of hydrogen-bond acceptors (Lipinski definition) is 6. The SMILES string of the molecule is CN1OC2NC(C(=O)OO)CC2c2ccccc21. The molecule has 1 aromatic rings. The third-order valence-corrected chi connectivity index (χ3v) is 3.54. The quantitative estimate of drug-likeness (QED) is 0.569. The number of carbonyl (C=O) groups is 1. The summed E-state index contributed by atoms with van der Waals surface area (Å²) in [6.07, 6.45) is 0.281. The number of rotatable bonds is 1. The van der Waals surface area contributed by atoms with E-state index in [4.69, 9.17) is 10.1 Å². The molecule has 0 saturated carbocycles. The molecule has 1 saturated heterocycles. The van der Waals surface area contributed by atoms with Gasteiger partial charge in [0, 0.05) is 13.0 Å². The Labute approximate surface area is 104 Å². The van der Waals surface area contributed by atoms with Gasteiger partial charge in [0.15, 0.2) is 0 Å². The van der Waals surface area contributed by atoms with Crippen LogP contribution in [0, 0.1) is 0 Å². The van der Waals surface area contributed by atoms with Gasteiger partial charge in [0.25, 0.3) is 0 Å². The van der Waals surface area contributed by atoms with E-state index >= 15 is 0 Å². The summed E-state index contributed by atoms with van der Waals surface area (Å²) in [4.78, 5) is 20.8. The topological polar surface area (TPSA) is 71.0 Å². The van der Waals surface area contributed by atoms with Gasteiger partial charge in [-0.2, -0.15) is 5.26 Å². The van der Waals surface area contributed by atoms with Crippen molar-refractivity contribution >= 4 is 11.7 Å². The lowest BCUT2D eigenvalue weighted by molar-refractivity contribution is -0.236. The molecule has 2 heterocycles. The van der Waals surface area contributed by atoms with Gasteiger partial charge < -0.3 is 0 Å². The Kier molecular flexibility index (Phi) is 2.70. The first-order valence-corrected chi connectivity index (χ1v) is 5.81. The molecule has 3 unspecified atom stereocenters. The van der Waals surface area contributed by atoms with Gasteiger partial charge in [-0.1, -0.05) is 18.2 Å². The van der Waals surface area contributed by atoms with E-state index in [1.807, 2.05) is 31.3 Å². The summed E-state index contributed by atoms with van der Waals surface area (Å²) in [6, 6.07) is 7.38. The van der Waals surface area contributed by atoms with Crippen molar-refractivity contribution in [1.29, 1.82) is 0 Å². The van der Waals surface area contributed by atoms with Crippen LogP contribution in [0.4, 0.5) is 5.69 Å². The van der Waals surface area contributed by atoms with E-state index in [1.54, 1.807) is 5.06 Å². The molecular formula is C12H14N2O4. The normalized spacial score (nSPS) is 29.7. The van der Waals surface area contributed by atoms with Crippen molar-refractivity contribution in [3.63, 3.8) is 0 Å². The molecule has 1 fully saturated rings. The largest absolute Gasteiger partial charge is 0.358 e. The Balaban J connectivity index is 1.91. The van der Waals surface area contributed by atoms with Crippen molar-refractivity contribution in [2.24, 2.45) is 0 Å². The van der Waals surface area contributed by atoms with E-state index in [9.17, 15) is 4.79 Å². The third-order valence-electron chi connectivity index (χ3n) is 3.54. The van der Waals surface area contributed by atoms with E-state index < -0.39 is 12.0 Å². The first-order chi connectivity index (χ1) is 8.70. The van der Waals surface area contributed by atoms with Crippen LogP contribution in [0.5, 0.6) is 0 Å². The first-order valence-electron chi connectivity index (χ1n) is 5.81. The second kappa shape index (κ2) is 4.24. The van der Waals surface area contributed by atoms with Crippen LogP contribution < -0.4 is 10.4 Å². The lowest BCUT2D eigenvalue weighted by Gasteiger charge is -2.34. The van der Waals surface area contributed by atoms with Gasteiger partial charge in [-0.15, -0.1) is 0 Å². The molecule has 2 aliphatic rings. The standard InChI is InChI=1S/C12H14N2O4/c1-14-10-5-3-2-4-7(10)8-6-9(12(15)18-16)13-11(8)17-14/h2-5,8-9,11,13,16H,6H2,1H3. The summed E-state index contributed by atoms with van der Waals surface area (Å²) in [6.45, 7) is 0. The molecule has 3 rings (SSSR count). The lowest BCUT2D eigenvalue weighted by Crippen LogP contribution is -2.43. The summed E-state index contributed by atoms with van der Waals surface area (Å²) in [7, 11) is 1.83. The van der Waals surface area contributed by atoms with Gasteiger partial charge in [0.1, 0.15) is 12.3 Å². The number of carbonyl (C=O) groups excluding carboxylic acids is 1. The maximum absolute atomic E-state index is 11.3. The van der Waals surface area contributed by atoms with Gasteiger partial charge in [-0.25, -0.2) is 4.79 Å². The average Bonchev–Trinajstić information content (AvgIpc) is 2.82. The van der Waals surface area contributed by atoms with Crippen LogP contribution in [0.3, 0.4) is 0 Å². The molecule has 3 atom stereocenters. The molecule has 0 aliphatic carbocycles. The summed E-state index contributed by atoms with van der Waals surface area (Å²) < 4.78 is 0. The number of benzene rings is 1. The maximum Gasteiger partial charge on any atom is 0.358 e. The molecule has 0 amide bonds. The number of para-hydroxylation sites is 1. The van der Waals surface area contributed by atoms with E-state index in [2.05, 4.69) is 10.2 Å². The van der Waals surface area contributed by atoms with Crippen LogP contribution in [-0.2, 0) is 14.5 Å². The monoisotopic (exact) mass is 250 g/mol. The van der Waals surface area contributed by atoms with Crippen LogP contribution in [0.1, 0.15) is 17.9 Å². The van der Waals surface area contributed by atoms with Gasteiger partial charge in [-0.3, -0.25) is 20.1 Å². The second-order valence-corrected chi connectivity index (χ2v) is 4.55. The van der Waals surface area contributed by atoms with Gasteiger partial charge in [0.05, 0.1) is 5.69 Å². The molecule has 6 heteroatoms. The average molecular weight is 250 g/mol. The molecule has 0 spiro atoms. The Bertz CT molecular complexity index is 479. The second-order valence-electron chi connectivity index (χ2n) is 4.55. The fourth-order valence-corrected chi connectivity index (χ4v) is 2.70. The summed E-state index contributed by atoms with van der Waals surface area (Å²) >= 11 is 0. The smallest absolute Gasteiger partial charge is 0.299 e. The minimum atomic E-state index is -0.673. The highest BCUT2D eigenvalue weighted by atomic mass is 17.1. The van der Waals surface area contributed by atoms with Crippen LogP contribution >= 0.6 is 0 Å². The summed E-state index contributed by atoms with van der Waals surface area (Å²) in [5.41, 5.74) is 2.13. The van der Waals surface area contributed by atoms with Gasteiger partial charge >= 0.3 is 5.97 Å². The van der Waals surface area contributed by atoms with Crippen LogP contribution in [0.25, 0.3) is 0 Å². The highest BCUT2D eigenvalue weighted by molar-refractivity contribution is 5.76. The zero-order chi connectivity index (χ0) is 12.7. The van der Waals surface area contributed by atoms with E-state index in [1.165, 1.54) is 0 Å². The highest BCUT2D eigenvalue weighted by Crippen LogP contribution is 2.41. The molecule has 6 nitrogen and oxygen atoms in total. The minimum absolute atomic E-state index is 0.0847. The highest BCUT2D eigenvalue weighted by Gasteiger charge is 2.44. The fourth-order valence-electron chi connectivity index (χ4n) is 2.70. The number of hydrogen-bond donors (Lipinski definition) is 2. The molecule has 1 aromatic carbocycles. The fraction of sp³-hybridized carbons (Fsp3) is 0.417. The van der Waals surface area contributed by atoms with Crippen molar-refractivity contribution in [2.75, 3.05) is 12.1 Å². The molecule has 0 bridgehead atoms. The Morgan fingerprint density at radius 2 is 2.33 bits per heavy atom. The number of hydroxylamine groups is 1. The minimum Gasteiger partial charge on any atom is -0.299 e. The maximum atomic E-state index is 11.3. The van der Waals surface area contributed by atoms with E-state index in [0.29, 0.717) is 6.42 Å². The first kappa shape index (κ1) is 11.5. The van der Waals surface area contributed by atoms with Gasteiger partial charge in [0.2, 0.25) is 0 Å². The summed E-state index contributed by atoms with van der Waals surface area (Å²) in [5, 5.41) is 13.1. The Morgan fingerprint density at radius 3 is 3.11 bits per heavy atom. The molecule has 96 valence electrons. The van der Waals surface area contributed by atoms with Crippen LogP contribution in [-0.4, -0.2) is 30.5 Å². The molecule has 0 aromatic heterocycles. The van der Waals surface area contributed by atoms with Crippen molar-refractivity contribution in [1.82, 2.24) is 5.32 Å². The molecule has 2 aliphatic heterocycles. The number of nitrogens with one attached hydrogen (secondary N) is 1. The number of nitrogens with zero attached hydrogens (tertiary/aromatic N) is 1. The Morgan fingerprint density at radius 1 is 1.56 bits per heavy atom. The van der Waals surface area contributed by atoms with Crippen LogP contribution in [0.2, 0.25) is 0 Å². The predicted molar refractivity (Wildman–Crippen MR) is 62.7 cm³/mol. The number of fused-ring (bicyclic) bond motifs is 3. The van der Waals surface area contributed by atoms with Crippen molar-refractivity contribution < 1.29 is 19.8 Å². The van der Waals surface area contributed by atoms with Gasteiger partial charge in [-0.05, 0) is 18.1 Å². The zero-order valence-electron chi connectivity index (χ0n) is 9.87. The van der Waals surface area contributed by atoms with Crippen LogP contribution in [0.15, 0.2) is 24.3 Å². The number of anilines is 1. The van der Waals surface area contributed by atoms with E-state index in [-0.39, 0.29) is 12.1 Å². The Hall–Kier alpha value is -1.63. The molecule has 2 N–H and O–H groups in total. The van der Waals surface area contributed by atoms with Crippen molar-refractivity contribution in [3.05, 3.63) is 29.8 Å². The predicted octanol–water partition coefficient (Wildman–Crippen LogP) is 0.856. The summed E-state index contributed by atoms with van der Waals surface area (Å²) in [5.74, 6) is -0.588.